The molecule has 1 aromatic carbocycles. The Bertz CT molecular complexity index is 622. The van der Waals surface area contributed by atoms with Gasteiger partial charge in [-0.3, -0.25) is 4.79 Å². The van der Waals surface area contributed by atoms with Crippen molar-refractivity contribution in [3.63, 3.8) is 0 Å². The van der Waals surface area contributed by atoms with Gasteiger partial charge < -0.3 is 5.11 Å². The Morgan fingerprint density at radius 2 is 2.00 bits per heavy atom. The van der Waals surface area contributed by atoms with Gasteiger partial charge in [0.25, 0.3) is 0 Å². The maximum atomic E-state index is 12.9. The lowest BCUT2D eigenvalue weighted by Gasteiger charge is -2.10. The van der Waals surface area contributed by atoms with E-state index >= 15 is 0 Å². The number of nitrogens with zero attached hydrogens (tertiary/aromatic N) is 1. The third-order valence-electron chi connectivity index (χ3n) is 2.60. The number of hydrogen-bond acceptors (Lipinski definition) is 3. The molecule has 3 nitrogen and oxygen atoms in total. The molecule has 0 aliphatic rings. The molecule has 20 heavy (non-hydrogen) atoms. The predicted molar refractivity (Wildman–Crippen MR) is 68.5 cm³/mol. The zero-order valence-corrected chi connectivity index (χ0v) is 11.0. The molecule has 0 saturated carbocycles. The van der Waals surface area contributed by atoms with Gasteiger partial charge in [-0.1, -0.05) is 18.2 Å². The van der Waals surface area contributed by atoms with E-state index in [1.807, 2.05) is 0 Å². The molecule has 2 rings (SSSR count). The lowest BCUT2D eigenvalue weighted by atomic mass is 10.1. The standard InChI is InChI=1S/C13H10F3NO2S/c14-13(15,16)10-4-2-1-3-9(10)12-17-7-8(20-12)5-6-11(18)19/h1-4,7H,5-6H2,(H,18,19). The lowest BCUT2D eigenvalue weighted by molar-refractivity contribution is -0.137. The van der Waals surface area contributed by atoms with Crippen LogP contribution in [0.4, 0.5) is 13.2 Å². The van der Waals surface area contributed by atoms with Gasteiger partial charge in [-0.05, 0) is 12.5 Å². The first-order chi connectivity index (χ1) is 9.38. The van der Waals surface area contributed by atoms with Crippen LogP contribution in [0.2, 0.25) is 0 Å². The van der Waals surface area contributed by atoms with Gasteiger partial charge >= 0.3 is 12.1 Å². The summed E-state index contributed by atoms with van der Waals surface area (Å²) in [4.78, 5) is 15.1. The van der Waals surface area contributed by atoms with Gasteiger partial charge in [-0.2, -0.15) is 13.2 Å². The zero-order valence-electron chi connectivity index (χ0n) is 10.1. The number of aliphatic carboxylic acids is 1. The van der Waals surface area contributed by atoms with E-state index in [0.29, 0.717) is 4.88 Å². The van der Waals surface area contributed by atoms with E-state index in [0.717, 1.165) is 17.4 Å². The minimum absolute atomic E-state index is 0.0200. The number of alkyl halides is 3. The third kappa shape index (κ3) is 3.36. The molecule has 0 amide bonds. The second kappa shape index (κ2) is 5.62. The fourth-order valence-electron chi connectivity index (χ4n) is 1.69. The van der Waals surface area contributed by atoms with Crippen LogP contribution in [0.5, 0.6) is 0 Å². The van der Waals surface area contributed by atoms with Crippen molar-refractivity contribution in [3.05, 3.63) is 40.9 Å². The fraction of sp³-hybridized carbons (Fsp3) is 0.231. The average Bonchev–Trinajstić information content (AvgIpc) is 2.84. The molecule has 0 fully saturated rings. The zero-order chi connectivity index (χ0) is 14.8. The predicted octanol–water partition coefficient (Wildman–Crippen LogP) is 3.85. The quantitative estimate of drug-likeness (QED) is 0.933. The number of carbonyl (C=O) groups is 1. The Morgan fingerprint density at radius 1 is 1.30 bits per heavy atom. The van der Waals surface area contributed by atoms with Crippen LogP contribution < -0.4 is 0 Å². The van der Waals surface area contributed by atoms with Crippen molar-refractivity contribution < 1.29 is 23.1 Å². The molecule has 1 N–H and O–H groups in total. The first-order valence-electron chi connectivity index (χ1n) is 5.71. The molecule has 0 bridgehead atoms. The maximum Gasteiger partial charge on any atom is 0.417 e. The van der Waals surface area contributed by atoms with E-state index in [1.54, 1.807) is 0 Å². The van der Waals surface area contributed by atoms with Crippen LogP contribution in [0.1, 0.15) is 16.9 Å². The van der Waals surface area contributed by atoms with Gasteiger partial charge in [-0.15, -0.1) is 11.3 Å². The summed E-state index contributed by atoms with van der Waals surface area (Å²) in [6.45, 7) is 0. The van der Waals surface area contributed by atoms with Gasteiger partial charge in [0.05, 0.1) is 12.0 Å². The first kappa shape index (κ1) is 14.5. The van der Waals surface area contributed by atoms with E-state index in [1.165, 1.54) is 24.4 Å². The highest BCUT2D eigenvalue weighted by atomic mass is 32.1. The van der Waals surface area contributed by atoms with E-state index in [4.69, 9.17) is 5.11 Å². The van der Waals surface area contributed by atoms with Gasteiger partial charge in [0, 0.05) is 16.6 Å². The largest absolute Gasteiger partial charge is 0.481 e. The van der Waals surface area contributed by atoms with Crippen LogP contribution >= 0.6 is 11.3 Å². The number of thiazole rings is 1. The molecular weight excluding hydrogens is 291 g/mol. The Kier molecular flexibility index (Phi) is 4.08. The molecule has 1 heterocycles. The van der Waals surface area contributed by atoms with Gasteiger partial charge in [0.1, 0.15) is 5.01 Å². The number of carboxylic acid groups (broad SMARTS) is 1. The van der Waals surface area contributed by atoms with Crippen LogP contribution in [0, 0.1) is 0 Å². The number of aromatic nitrogens is 1. The van der Waals surface area contributed by atoms with Gasteiger partial charge in [-0.25, -0.2) is 4.98 Å². The molecule has 0 aliphatic heterocycles. The van der Waals surface area contributed by atoms with Gasteiger partial charge in [0.2, 0.25) is 0 Å². The second-order valence-corrected chi connectivity index (χ2v) is 5.18. The van der Waals surface area contributed by atoms with Crippen LogP contribution in [0.25, 0.3) is 10.6 Å². The first-order valence-corrected chi connectivity index (χ1v) is 6.52. The second-order valence-electron chi connectivity index (χ2n) is 4.07. The Hall–Kier alpha value is -1.89. The molecule has 106 valence electrons. The van der Waals surface area contributed by atoms with Crippen LogP contribution in [-0.2, 0) is 17.4 Å². The molecule has 7 heteroatoms. The molecule has 0 radical (unpaired) electrons. The molecule has 0 saturated heterocycles. The Balaban J connectivity index is 2.31. The van der Waals surface area contributed by atoms with Crippen molar-refractivity contribution in [3.8, 4) is 10.6 Å². The van der Waals surface area contributed by atoms with Crippen molar-refractivity contribution in [2.75, 3.05) is 0 Å². The number of aryl methyl sites for hydroxylation is 1. The summed E-state index contributed by atoms with van der Waals surface area (Å²) in [5.74, 6) is -0.948. The normalized spacial score (nSPS) is 11.6. The van der Waals surface area contributed by atoms with Crippen molar-refractivity contribution in [2.24, 2.45) is 0 Å². The number of halogens is 3. The monoisotopic (exact) mass is 301 g/mol. The molecule has 0 atom stereocenters. The number of rotatable bonds is 4. The highest BCUT2D eigenvalue weighted by Crippen LogP contribution is 2.38. The van der Waals surface area contributed by atoms with Crippen LogP contribution in [0.15, 0.2) is 30.5 Å². The molecular formula is C13H10F3NO2S. The van der Waals surface area contributed by atoms with Crippen molar-refractivity contribution >= 4 is 17.3 Å². The Labute approximate surface area is 116 Å². The van der Waals surface area contributed by atoms with E-state index in [9.17, 15) is 18.0 Å². The van der Waals surface area contributed by atoms with Crippen molar-refractivity contribution in [1.82, 2.24) is 4.98 Å². The molecule has 1 aromatic heterocycles. The highest BCUT2D eigenvalue weighted by Gasteiger charge is 2.33. The number of hydrogen-bond donors (Lipinski definition) is 1. The fourth-order valence-corrected chi connectivity index (χ4v) is 2.65. The topological polar surface area (TPSA) is 50.2 Å². The smallest absolute Gasteiger partial charge is 0.417 e. The van der Waals surface area contributed by atoms with Crippen LogP contribution in [-0.4, -0.2) is 16.1 Å². The summed E-state index contributed by atoms with van der Waals surface area (Å²) in [7, 11) is 0. The molecule has 0 unspecified atom stereocenters. The summed E-state index contributed by atoms with van der Waals surface area (Å²) in [5.41, 5.74) is -0.717. The van der Waals surface area contributed by atoms with E-state index in [-0.39, 0.29) is 23.4 Å². The summed E-state index contributed by atoms with van der Waals surface area (Å²) in [6.07, 6.45) is -2.82. The summed E-state index contributed by atoms with van der Waals surface area (Å²) < 4.78 is 38.7. The average molecular weight is 301 g/mol. The van der Waals surface area contributed by atoms with Crippen molar-refractivity contribution in [2.45, 2.75) is 19.0 Å². The minimum Gasteiger partial charge on any atom is -0.481 e. The van der Waals surface area contributed by atoms with E-state index < -0.39 is 17.7 Å². The molecule has 2 aromatic rings. The maximum absolute atomic E-state index is 12.9. The highest BCUT2D eigenvalue weighted by molar-refractivity contribution is 7.15. The van der Waals surface area contributed by atoms with E-state index in [2.05, 4.69) is 4.98 Å². The lowest BCUT2D eigenvalue weighted by Crippen LogP contribution is -2.06. The number of carboxylic acids is 1. The summed E-state index contributed by atoms with van der Waals surface area (Å²) in [6, 6.07) is 5.21. The molecule has 0 aliphatic carbocycles. The van der Waals surface area contributed by atoms with Crippen LogP contribution in [0.3, 0.4) is 0 Å². The summed E-state index contributed by atoms with van der Waals surface area (Å²) in [5, 5.41) is 8.83. The number of benzene rings is 1. The minimum atomic E-state index is -4.44. The van der Waals surface area contributed by atoms with Gasteiger partial charge in [0.15, 0.2) is 0 Å². The Morgan fingerprint density at radius 3 is 2.65 bits per heavy atom. The third-order valence-corrected chi connectivity index (χ3v) is 3.69. The van der Waals surface area contributed by atoms with Crippen molar-refractivity contribution in [1.29, 1.82) is 0 Å². The SMILES string of the molecule is O=C(O)CCc1cnc(-c2ccccc2C(F)(F)F)s1. The summed E-state index contributed by atoms with van der Waals surface area (Å²) >= 11 is 1.08. The molecule has 0 spiro atoms.